The summed E-state index contributed by atoms with van der Waals surface area (Å²) in [5, 5.41) is 4.39. The van der Waals surface area contributed by atoms with Gasteiger partial charge in [-0.3, -0.25) is 14.3 Å². The first-order chi connectivity index (χ1) is 18.1. The van der Waals surface area contributed by atoms with Crippen LogP contribution in [0.4, 0.5) is 11.5 Å². The first-order valence-corrected chi connectivity index (χ1v) is 12.8. The zero-order chi connectivity index (χ0) is 25.4. The van der Waals surface area contributed by atoms with Gasteiger partial charge in [-0.1, -0.05) is 48.5 Å². The Morgan fingerprint density at radius 1 is 1.03 bits per heavy atom. The Kier molecular flexibility index (Phi) is 6.10. The van der Waals surface area contributed by atoms with Crippen molar-refractivity contribution >= 4 is 33.4 Å². The Morgan fingerprint density at radius 3 is 2.65 bits per heavy atom. The van der Waals surface area contributed by atoms with E-state index in [1.54, 1.807) is 17.1 Å². The average Bonchev–Trinajstić information content (AvgIpc) is 3.24. The minimum absolute atomic E-state index is 0.0640. The van der Waals surface area contributed by atoms with Gasteiger partial charge in [-0.2, -0.15) is 0 Å². The van der Waals surface area contributed by atoms with Gasteiger partial charge < -0.3 is 20.5 Å². The number of hydrogen-bond donors (Lipinski definition) is 2. The second kappa shape index (κ2) is 9.71. The third kappa shape index (κ3) is 4.23. The number of nitrogens with two attached hydrogens (primary N) is 1. The summed E-state index contributed by atoms with van der Waals surface area (Å²) in [6, 6.07) is 20.3. The molecule has 0 unspecified atom stereocenters. The highest BCUT2D eigenvalue weighted by molar-refractivity contribution is 5.97. The molecule has 0 bridgehead atoms. The Hall–Kier alpha value is -4.17. The van der Waals surface area contributed by atoms with Crippen molar-refractivity contribution in [1.29, 1.82) is 0 Å². The third-order valence-corrected chi connectivity index (χ3v) is 7.27. The highest BCUT2D eigenvalue weighted by Gasteiger charge is 2.28. The maximum atomic E-state index is 14.1. The van der Waals surface area contributed by atoms with E-state index >= 15 is 0 Å². The highest BCUT2D eigenvalue weighted by Crippen LogP contribution is 2.37. The Balaban J connectivity index is 1.54. The van der Waals surface area contributed by atoms with Crippen LogP contribution in [0, 0.1) is 0 Å². The van der Waals surface area contributed by atoms with Gasteiger partial charge in [0.1, 0.15) is 22.5 Å². The molecule has 8 nitrogen and oxygen atoms in total. The van der Waals surface area contributed by atoms with Crippen molar-refractivity contribution < 1.29 is 0 Å². The molecule has 1 aliphatic rings. The lowest BCUT2D eigenvalue weighted by Crippen LogP contribution is -2.44. The summed E-state index contributed by atoms with van der Waals surface area (Å²) in [6.45, 7) is 2.63. The van der Waals surface area contributed by atoms with Gasteiger partial charge in [0.05, 0.1) is 18.4 Å². The fourth-order valence-corrected chi connectivity index (χ4v) is 5.52. The summed E-state index contributed by atoms with van der Waals surface area (Å²) >= 11 is 0. The minimum Gasteiger partial charge on any atom is -0.383 e. The number of pyridine rings is 1. The van der Waals surface area contributed by atoms with E-state index in [-0.39, 0.29) is 11.6 Å². The number of benzene rings is 2. The summed E-state index contributed by atoms with van der Waals surface area (Å²) in [7, 11) is 1.89. The average molecular weight is 494 g/mol. The third-order valence-electron chi connectivity index (χ3n) is 7.27. The van der Waals surface area contributed by atoms with E-state index in [1.165, 1.54) is 0 Å². The van der Waals surface area contributed by atoms with Gasteiger partial charge in [0.2, 0.25) is 0 Å². The predicted octanol–water partition coefficient (Wildman–Crippen LogP) is 3.81. The van der Waals surface area contributed by atoms with Gasteiger partial charge in [0.25, 0.3) is 5.56 Å². The molecule has 1 saturated heterocycles. The van der Waals surface area contributed by atoms with E-state index in [4.69, 9.17) is 10.7 Å². The monoisotopic (exact) mass is 493 g/mol. The molecule has 1 aliphatic heterocycles. The van der Waals surface area contributed by atoms with Crippen molar-refractivity contribution in [2.75, 3.05) is 30.4 Å². The van der Waals surface area contributed by atoms with Crippen molar-refractivity contribution in [3.8, 4) is 0 Å². The molecule has 0 spiro atoms. The number of aromatic nitrogens is 4. The zero-order valence-corrected chi connectivity index (χ0v) is 21.0. The van der Waals surface area contributed by atoms with E-state index in [1.807, 2.05) is 55.6 Å². The van der Waals surface area contributed by atoms with E-state index in [2.05, 4.69) is 31.9 Å². The molecule has 8 heteroatoms. The number of nitrogens with one attached hydrogen (secondary N) is 1. The normalized spacial score (nSPS) is 15.9. The molecule has 0 saturated carbocycles. The van der Waals surface area contributed by atoms with E-state index < -0.39 is 0 Å². The van der Waals surface area contributed by atoms with E-state index in [9.17, 15) is 4.79 Å². The fourth-order valence-electron chi connectivity index (χ4n) is 5.52. The minimum atomic E-state index is -0.0640. The second-order valence-corrected chi connectivity index (χ2v) is 9.73. The lowest BCUT2D eigenvalue weighted by molar-refractivity contribution is 0.499. The molecule has 6 rings (SSSR count). The van der Waals surface area contributed by atoms with Gasteiger partial charge in [0.15, 0.2) is 0 Å². The number of piperidine rings is 1. The first-order valence-electron chi connectivity index (χ1n) is 12.8. The van der Waals surface area contributed by atoms with Crippen LogP contribution in [0.1, 0.15) is 24.0 Å². The van der Waals surface area contributed by atoms with Crippen LogP contribution in [0.2, 0.25) is 0 Å². The Labute approximate surface area is 215 Å². The lowest BCUT2D eigenvalue weighted by atomic mass is 10.1. The zero-order valence-electron chi connectivity index (χ0n) is 21.0. The number of anilines is 2. The van der Waals surface area contributed by atoms with Crippen molar-refractivity contribution in [1.82, 2.24) is 19.1 Å². The Bertz CT molecular complexity index is 1620. The summed E-state index contributed by atoms with van der Waals surface area (Å²) in [5.41, 5.74) is 11.5. The predicted molar refractivity (Wildman–Crippen MR) is 149 cm³/mol. The SMILES string of the molecule is CNc1c(N2CCC[C@H](N)C2)n(Cc2ccccc2)c2c(=O)n(Cc3ccnc4ccccc34)cnc12. The topological polar surface area (TPSA) is 94.0 Å². The van der Waals surface area contributed by atoms with Gasteiger partial charge in [-0.15, -0.1) is 0 Å². The van der Waals surface area contributed by atoms with Crippen molar-refractivity contribution in [3.63, 3.8) is 0 Å². The van der Waals surface area contributed by atoms with Gasteiger partial charge >= 0.3 is 0 Å². The summed E-state index contributed by atoms with van der Waals surface area (Å²) < 4.78 is 3.84. The van der Waals surface area contributed by atoms with Crippen molar-refractivity contribution in [2.45, 2.75) is 32.0 Å². The van der Waals surface area contributed by atoms with E-state index in [0.717, 1.165) is 59.5 Å². The maximum Gasteiger partial charge on any atom is 0.278 e. The van der Waals surface area contributed by atoms with E-state index in [0.29, 0.717) is 24.1 Å². The van der Waals surface area contributed by atoms with Crippen LogP contribution < -0.4 is 21.5 Å². The second-order valence-electron chi connectivity index (χ2n) is 9.73. The van der Waals surface area contributed by atoms with Gasteiger partial charge in [0, 0.05) is 44.3 Å². The summed E-state index contributed by atoms with van der Waals surface area (Å²) in [4.78, 5) is 25.7. The smallest absolute Gasteiger partial charge is 0.278 e. The van der Waals surface area contributed by atoms with Crippen LogP contribution in [0.25, 0.3) is 21.9 Å². The molecule has 0 aliphatic carbocycles. The van der Waals surface area contributed by atoms with Crippen LogP contribution >= 0.6 is 0 Å². The molecular weight excluding hydrogens is 462 g/mol. The van der Waals surface area contributed by atoms with Crippen LogP contribution in [0.15, 0.2) is 78.0 Å². The van der Waals surface area contributed by atoms with Crippen LogP contribution in [-0.4, -0.2) is 45.3 Å². The maximum absolute atomic E-state index is 14.1. The summed E-state index contributed by atoms with van der Waals surface area (Å²) in [5.74, 6) is 0.980. The number of nitrogens with zero attached hydrogens (tertiary/aromatic N) is 5. The summed E-state index contributed by atoms with van der Waals surface area (Å²) in [6.07, 6.45) is 5.49. The fraction of sp³-hybridized carbons (Fsp3) is 0.276. The molecule has 2 aromatic carbocycles. The van der Waals surface area contributed by atoms with Gasteiger partial charge in [-0.05, 0) is 36.1 Å². The molecule has 4 heterocycles. The molecule has 37 heavy (non-hydrogen) atoms. The van der Waals surface area contributed by atoms with Crippen LogP contribution in [0.5, 0.6) is 0 Å². The molecule has 5 aromatic rings. The number of hydrogen-bond acceptors (Lipinski definition) is 6. The number of fused-ring (bicyclic) bond motifs is 2. The van der Waals surface area contributed by atoms with Crippen LogP contribution in [-0.2, 0) is 13.1 Å². The molecule has 1 atom stereocenters. The quantitative estimate of drug-likeness (QED) is 0.374. The lowest BCUT2D eigenvalue weighted by Gasteiger charge is -2.34. The molecule has 1 fully saturated rings. The molecular formula is C29H31N7O. The Morgan fingerprint density at radius 2 is 1.84 bits per heavy atom. The molecule has 0 amide bonds. The molecule has 0 radical (unpaired) electrons. The molecule has 188 valence electrons. The van der Waals surface area contributed by atoms with Crippen molar-refractivity contribution in [3.05, 3.63) is 94.7 Å². The first kappa shape index (κ1) is 23.2. The number of rotatable bonds is 6. The van der Waals surface area contributed by atoms with Gasteiger partial charge in [-0.25, -0.2) is 4.98 Å². The highest BCUT2D eigenvalue weighted by atomic mass is 16.1. The molecule has 3 aromatic heterocycles. The molecule has 3 N–H and O–H groups in total. The van der Waals surface area contributed by atoms with Crippen molar-refractivity contribution in [2.24, 2.45) is 5.73 Å². The number of para-hydroxylation sites is 1. The van der Waals surface area contributed by atoms with Crippen LogP contribution in [0.3, 0.4) is 0 Å². The largest absolute Gasteiger partial charge is 0.383 e. The standard InChI is InChI=1S/C29H31N7O/c1-31-26-25-27(29(37)35(19-33-25)17-21-13-14-32-24-12-6-5-11-23(21)24)36(16-20-8-3-2-4-9-20)28(26)34-15-7-10-22(30)18-34/h2-6,8-9,11-14,19,22,31H,7,10,15-18,30H2,1H3/t22-/m0/s1.